The fourth-order valence-corrected chi connectivity index (χ4v) is 3.70. The zero-order valence-electron chi connectivity index (χ0n) is 17.3. The Balaban J connectivity index is 1.52. The Labute approximate surface area is 178 Å². The molecule has 1 saturated heterocycles. The average molecular weight is 423 g/mol. The molecule has 0 bridgehead atoms. The maximum absolute atomic E-state index is 13.4. The van der Waals surface area contributed by atoms with Crippen molar-refractivity contribution in [3.63, 3.8) is 0 Å². The zero-order valence-corrected chi connectivity index (χ0v) is 17.3. The Hall–Kier alpha value is -3.58. The van der Waals surface area contributed by atoms with Gasteiger partial charge in [-0.15, -0.1) is 10.2 Å². The van der Waals surface area contributed by atoms with E-state index in [1.807, 2.05) is 18.4 Å². The van der Waals surface area contributed by atoms with Gasteiger partial charge in [0, 0.05) is 17.9 Å². The van der Waals surface area contributed by atoms with Gasteiger partial charge in [-0.1, -0.05) is 12.1 Å². The van der Waals surface area contributed by atoms with Crippen molar-refractivity contribution < 1.29 is 13.9 Å². The van der Waals surface area contributed by atoms with Crippen molar-refractivity contribution in [3.05, 3.63) is 46.9 Å². The normalized spacial score (nSPS) is 15.7. The molecule has 0 saturated carbocycles. The Bertz CT molecular complexity index is 1160. The number of hydrogen-bond acceptors (Lipinski definition) is 6. The van der Waals surface area contributed by atoms with E-state index in [9.17, 15) is 14.4 Å². The number of amides is 1. The van der Waals surface area contributed by atoms with Gasteiger partial charge in [0.05, 0.1) is 18.2 Å². The van der Waals surface area contributed by atoms with E-state index in [4.69, 9.17) is 4.74 Å². The standard InChI is InChI=1S/C21H22FN7O2/c1-13-14(2)28(11-17-7-4-8-31-17)21(18(13)10-23)24-19(30)12-29-26-20(25-27-29)15-5-3-6-16(22)9-15/h3,5-6,9,17H,4,7-8,11-12H2,1-2H3,(H,24,30)/t17-/m0/s1. The van der Waals surface area contributed by atoms with Gasteiger partial charge in [0.25, 0.3) is 0 Å². The summed E-state index contributed by atoms with van der Waals surface area (Å²) in [5, 5.41) is 24.4. The van der Waals surface area contributed by atoms with Gasteiger partial charge in [0.1, 0.15) is 24.2 Å². The predicted molar refractivity (Wildman–Crippen MR) is 109 cm³/mol. The van der Waals surface area contributed by atoms with Gasteiger partial charge < -0.3 is 14.6 Å². The Morgan fingerprint density at radius 1 is 1.42 bits per heavy atom. The number of hydrogen-bond donors (Lipinski definition) is 1. The van der Waals surface area contributed by atoms with E-state index >= 15 is 0 Å². The number of tetrazole rings is 1. The molecular weight excluding hydrogens is 401 g/mol. The molecule has 0 spiro atoms. The molecular formula is C21H22FN7O2. The van der Waals surface area contributed by atoms with Crippen molar-refractivity contribution in [1.29, 1.82) is 5.26 Å². The van der Waals surface area contributed by atoms with Crippen molar-refractivity contribution in [2.24, 2.45) is 0 Å². The number of anilines is 1. The maximum Gasteiger partial charge on any atom is 0.249 e. The van der Waals surface area contributed by atoms with Gasteiger partial charge in [-0.25, -0.2) is 4.39 Å². The van der Waals surface area contributed by atoms with E-state index in [2.05, 4.69) is 26.8 Å². The molecule has 31 heavy (non-hydrogen) atoms. The summed E-state index contributed by atoms with van der Waals surface area (Å²) in [6.45, 7) is 4.87. The monoisotopic (exact) mass is 423 g/mol. The van der Waals surface area contributed by atoms with E-state index in [1.165, 1.54) is 12.1 Å². The highest BCUT2D eigenvalue weighted by atomic mass is 19.1. The first kappa shape index (κ1) is 20.7. The average Bonchev–Trinajstić information content (AvgIpc) is 3.47. The number of rotatable bonds is 6. The minimum absolute atomic E-state index is 0.0542. The number of nitrogens with one attached hydrogen (secondary N) is 1. The van der Waals surface area contributed by atoms with Crippen LogP contribution in [-0.4, -0.2) is 43.4 Å². The number of aromatic nitrogens is 5. The van der Waals surface area contributed by atoms with Crippen molar-refractivity contribution in [2.75, 3.05) is 11.9 Å². The molecule has 1 fully saturated rings. The molecule has 0 unspecified atom stereocenters. The van der Waals surface area contributed by atoms with Crippen LogP contribution in [0, 0.1) is 31.0 Å². The lowest BCUT2D eigenvalue weighted by Gasteiger charge is -2.16. The summed E-state index contributed by atoms with van der Waals surface area (Å²) in [6.07, 6.45) is 2.00. The van der Waals surface area contributed by atoms with Gasteiger partial charge in [-0.2, -0.15) is 10.1 Å². The lowest BCUT2D eigenvalue weighted by molar-refractivity contribution is -0.117. The fraction of sp³-hybridized carbons (Fsp3) is 0.381. The molecule has 1 aromatic carbocycles. The number of halogens is 1. The smallest absolute Gasteiger partial charge is 0.249 e. The van der Waals surface area contributed by atoms with E-state index in [-0.39, 0.29) is 18.5 Å². The molecule has 1 amide bonds. The van der Waals surface area contributed by atoms with Gasteiger partial charge in [-0.3, -0.25) is 4.79 Å². The lowest BCUT2D eigenvalue weighted by Crippen LogP contribution is -2.24. The quantitative estimate of drug-likeness (QED) is 0.652. The summed E-state index contributed by atoms with van der Waals surface area (Å²) in [5.41, 5.74) is 2.63. The summed E-state index contributed by atoms with van der Waals surface area (Å²) in [6, 6.07) is 8.02. The van der Waals surface area contributed by atoms with E-state index in [0.717, 1.165) is 35.5 Å². The largest absolute Gasteiger partial charge is 0.376 e. The molecule has 1 aliphatic rings. The first-order chi connectivity index (χ1) is 15.0. The minimum atomic E-state index is -0.409. The summed E-state index contributed by atoms with van der Waals surface area (Å²) in [7, 11) is 0. The molecule has 3 aromatic rings. The number of carbonyl (C=O) groups excluding carboxylic acids is 1. The minimum Gasteiger partial charge on any atom is -0.376 e. The van der Waals surface area contributed by atoms with Crippen molar-refractivity contribution >= 4 is 11.7 Å². The molecule has 10 heteroatoms. The topological polar surface area (TPSA) is 111 Å². The number of benzene rings is 1. The van der Waals surface area contributed by atoms with Gasteiger partial charge >= 0.3 is 0 Å². The van der Waals surface area contributed by atoms with Crippen LogP contribution in [0.4, 0.5) is 10.2 Å². The number of nitrogens with zero attached hydrogens (tertiary/aromatic N) is 6. The number of carbonyl (C=O) groups is 1. The Kier molecular flexibility index (Phi) is 5.77. The summed E-state index contributed by atoms with van der Waals surface area (Å²) >= 11 is 0. The SMILES string of the molecule is Cc1c(C#N)c(NC(=O)Cn2nnc(-c3cccc(F)c3)n2)n(C[C@@H]2CCCO2)c1C. The molecule has 0 aliphatic carbocycles. The van der Waals surface area contributed by atoms with E-state index < -0.39 is 11.7 Å². The fourth-order valence-electron chi connectivity index (χ4n) is 3.70. The summed E-state index contributed by atoms with van der Waals surface area (Å²) in [4.78, 5) is 13.8. The molecule has 4 rings (SSSR count). The highest BCUT2D eigenvalue weighted by molar-refractivity contribution is 5.91. The molecule has 3 heterocycles. The molecule has 1 N–H and O–H groups in total. The van der Waals surface area contributed by atoms with Crippen molar-refractivity contribution in [3.8, 4) is 17.5 Å². The molecule has 160 valence electrons. The third kappa shape index (κ3) is 4.32. The third-order valence-corrected chi connectivity index (χ3v) is 5.43. The second-order valence-corrected chi connectivity index (χ2v) is 7.49. The van der Waals surface area contributed by atoms with Crippen LogP contribution in [0.1, 0.15) is 29.7 Å². The third-order valence-electron chi connectivity index (χ3n) is 5.43. The van der Waals surface area contributed by atoms with Crippen LogP contribution < -0.4 is 5.32 Å². The van der Waals surface area contributed by atoms with Gasteiger partial charge in [0.15, 0.2) is 0 Å². The van der Waals surface area contributed by atoms with Crippen LogP contribution in [0.5, 0.6) is 0 Å². The first-order valence-corrected chi connectivity index (χ1v) is 10.0. The number of ether oxygens (including phenoxy) is 1. The molecule has 1 atom stereocenters. The van der Waals surface area contributed by atoms with Crippen LogP contribution in [0.15, 0.2) is 24.3 Å². The maximum atomic E-state index is 13.4. The highest BCUT2D eigenvalue weighted by Crippen LogP contribution is 2.28. The van der Waals surface area contributed by atoms with Crippen LogP contribution >= 0.6 is 0 Å². The summed E-state index contributed by atoms with van der Waals surface area (Å²) < 4.78 is 21.1. The first-order valence-electron chi connectivity index (χ1n) is 10.0. The van der Waals surface area contributed by atoms with Crippen LogP contribution in [0.2, 0.25) is 0 Å². The lowest BCUT2D eigenvalue weighted by atomic mass is 10.2. The van der Waals surface area contributed by atoms with Crippen LogP contribution in [-0.2, 0) is 22.6 Å². The second-order valence-electron chi connectivity index (χ2n) is 7.49. The van der Waals surface area contributed by atoms with Gasteiger partial charge in [0.2, 0.25) is 11.7 Å². The molecule has 0 radical (unpaired) electrons. The predicted octanol–water partition coefficient (Wildman–Crippen LogP) is 2.59. The second kappa shape index (κ2) is 8.65. The van der Waals surface area contributed by atoms with Crippen molar-refractivity contribution in [1.82, 2.24) is 24.8 Å². The Morgan fingerprint density at radius 3 is 2.97 bits per heavy atom. The van der Waals surface area contributed by atoms with Gasteiger partial charge in [-0.05, 0) is 49.6 Å². The van der Waals surface area contributed by atoms with Crippen LogP contribution in [0.25, 0.3) is 11.4 Å². The Morgan fingerprint density at radius 2 is 2.26 bits per heavy atom. The molecule has 2 aromatic heterocycles. The molecule has 9 nitrogen and oxygen atoms in total. The van der Waals surface area contributed by atoms with E-state index in [0.29, 0.717) is 23.5 Å². The number of nitriles is 1. The van der Waals surface area contributed by atoms with Crippen LogP contribution in [0.3, 0.4) is 0 Å². The summed E-state index contributed by atoms with van der Waals surface area (Å²) in [5.74, 6) is -0.138. The van der Waals surface area contributed by atoms with Crippen molar-refractivity contribution in [2.45, 2.75) is 45.9 Å². The van der Waals surface area contributed by atoms with E-state index in [1.54, 1.807) is 12.1 Å². The zero-order chi connectivity index (χ0) is 22.0. The molecule has 1 aliphatic heterocycles. The highest BCUT2D eigenvalue weighted by Gasteiger charge is 2.24.